The van der Waals surface area contributed by atoms with Gasteiger partial charge in [0, 0.05) is 30.3 Å². The van der Waals surface area contributed by atoms with Gasteiger partial charge in [-0.15, -0.1) is 0 Å². The Morgan fingerprint density at radius 1 is 1.40 bits per heavy atom. The van der Waals surface area contributed by atoms with Crippen LogP contribution in [-0.2, 0) is 0 Å². The number of aromatic amines is 1. The van der Waals surface area contributed by atoms with E-state index < -0.39 is 17.3 Å². The number of aryl methyl sites for hydroxylation is 1. The van der Waals surface area contributed by atoms with Crippen molar-refractivity contribution in [2.24, 2.45) is 0 Å². The van der Waals surface area contributed by atoms with Crippen LogP contribution in [-0.4, -0.2) is 62.9 Å². The van der Waals surface area contributed by atoms with Crippen LogP contribution < -0.4 is 21.3 Å². The van der Waals surface area contributed by atoms with E-state index in [-0.39, 0.29) is 41.3 Å². The van der Waals surface area contributed by atoms with Gasteiger partial charge in [0.15, 0.2) is 5.75 Å². The van der Waals surface area contributed by atoms with Crippen LogP contribution in [0.25, 0.3) is 16.6 Å². The molecule has 1 fully saturated rings. The number of hydrogen-bond donors (Lipinski definition) is 3. The molecule has 2 aromatic heterocycles. The minimum atomic E-state index is -1.00. The summed E-state index contributed by atoms with van der Waals surface area (Å²) in [5.74, 6) is 0.118. The molecule has 35 heavy (non-hydrogen) atoms. The maximum absolute atomic E-state index is 13.1. The van der Waals surface area contributed by atoms with E-state index in [0.717, 1.165) is 5.56 Å². The second kappa shape index (κ2) is 10.00. The fourth-order valence-corrected chi connectivity index (χ4v) is 4.85. The Labute approximate surface area is 214 Å². The number of fused-ring (bicyclic) bond motifs is 1. The van der Waals surface area contributed by atoms with Gasteiger partial charge in [0.25, 0.3) is 5.56 Å². The van der Waals surface area contributed by atoms with E-state index in [1.807, 2.05) is 20.8 Å². The molecule has 0 bridgehead atoms. The van der Waals surface area contributed by atoms with Gasteiger partial charge in [0.1, 0.15) is 12.0 Å². The summed E-state index contributed by atoms with van der Waals surface area (Å²) in [6, 6.07) is 3.11. The molecule has 12 heteroatoms. The fraction of sp³-hybridized carbons (Fsp3) is 0.391. The molecule has 0 aliphatic carbocycles. The second-order valence-electron chi connectivity index (χ2n) is 8.70. The van der Waals surface area contributed by atoms with Crippen LogP contribution in [0.15, 0.2) is 32.4 Å². The zero-order chi connectivity index (χ0) is 25.4. The molecule has 1 aliphatic rings. The van der Waals surface area contributed by atoms with Gasteiger partial charge in [-0.25, -0.2) is 9.59 Å². The van der Waals surface area contributed by atoms with Gasteiger partial charge in [0.2, 0.25) is 0 Å². The lowest BCUT2D eigenvalue weighted by Crippen LogP contribution is -2.54. The van der Waals surface area contributed by atoms with Gasteiger partial charge < -0.3 is 20.1 Å². The summed E-state index contributed by atoms with van der Waals surface area (Å²) in [5, 5.41) is 12.8. The van der Waals surface area contributed by atoms with E-state index >= 15 is 0 Å². The number of aromatic nitrogens is 3. The summed E-state index contributed by atoms with van der Waals surface area (Å²) in [4.78, 5) is 45.7. The van der Waals surface area contributed by atoms with Gasteiger partial charge in [-0.3, -0.25) is 19.3 Å². The molecule has 1 aromatic carbocycles. The molecule has 3 N–H and O–H groups in total. The molecule has 0 spiro atoms. The van der Waals surface area contributed by atoms with Gasteiger partial charge in [-0.2, -0.15) is 0 Å². The van der Waals surface area contributed by atoms with Crippen molar-refractivity contribution < 1.29 is 14.6 Å². The number of benzene rings is 1. The van der Waals surface area contributed by atoms with Crippen LogP contribution in [0.4, 0.5) is 4.79 Å². The summed E-state index contributed by atoms with van der Waals surface area (Å²) in [5.41, 5.74) is 1.17. The molecule has 1 aliphatic heterocycles. The van der Waals surface area contributed by atoms with Crippen molar-refractivity contribution in [1.82, 2.24) is 24.8 Å². The van der Waals surface area contributed by atoms with Crippen LogP contribution >= 0.6 is 27.5 Å². The van der Waals surface area contributed by atoms with E-state index in [4.69, 9.17) is 16.3 Å². The van der Waals surface area contributed by atoms with Crippen molar-refractivity contribution in [3.05, 3.63) is 59.9 Å². The average molecular weight is 567 g/mol. The maximum atomic E-state index is 13.1. The largest absolute Gasteiger partial charge is 0.489 e. The van der Waals surface area contributed by atoms with Gasteiger partial charge >= 0.3 is 11.8 Å². The maximum Gasteiger partial charge on any atom is 0.407 e. The van der Waals surface area contributed by atoms with Crippen LogP contribution in [0.3, 0.4) is 0 Å². The molecule has 10 nitrogen and oxygen atoms in total. The van der Waals surface area contributed by atoms with Crippen LogP contribution in [0.1, 0.15) is 31.0 Å². The highest BCUT2D eigenvalue weighted by molar-refractivity contribution is 9.10. The highest BCUT2D eigenvalue weighted by atomic mass is 79.9. The first-order valence-corrected chi connectivity index (χ1v) is 12.2. The number of pyridine rings is 1. The zero-order valence-electron chi connectivity index (χ0n) is 19.4. The van der Waals surface area contributed by atoms with E-state index in [2.05, 4.69) is 31.2 Å². The number of nitrogens with one attached hydrogen (secondary N) is 2. The standard InChI is InChI=1S/C23H25BrClN5O5/c1-11(2)18-19(12(3)4-5-27-18)30-15-8-14(24)17(25)20(16(15)21(31)28-22(30)32)35-10-13-9-29(23(33)34)7-6-26-13/h4-5,8,11,13,26H,6-7,9-10H2,1-3H3,(H,33,34)(H,28,31,32)/t13-/m1/s1. The van der Waals surface area contributed by atoms with Crippen LogP contribution in [0.5, 0.6) is 5.75 Å². The average Bonchev–Trinajstić information content (AvgIpc) is 2.80. The molecule has 186 valence electrons. The lowest BCUT2D eigenvalue weighted by atomic mass is 10.0. The topological polar surface area (TPSA) is 130 Å². The van der Waals surface area contributed by atoms with E-state index in [0.29, 0.717) is 34.5 Å². The summed E-state index contributed by atoms with van der Waals surface area (Å²) in [6.45, 7) is 6.97. The number of carboxylic acid groups (broad SMARTS) is 1. The normalized spacial score (nSPS) is 16.2. The SMILES string of the molecule is Cc1ccnc(C(C)C)c1-n1c(=O)[nH]c(=O)c2c(OC[C@H]3CN(C(=O)O)CCN3)c(Cl)c(Br)cc21. The van der Waals surface area contributed by atoms with Crippen molar-refractivity contribution in [3.8, 4) is 11.4 Å². The Morgan fingerprint density at radius 3 is 2.83 bits per heavy atom. The summed E-state index contributed by atoms with van der Waals surface area (Å²) < 4.78 is 7.89. The highest BCUT2D eigenvalue weighted by Gasteiger charge is 2.26. The number of H-pyrrole nitrogens is 1. The first kappa shape index (κ1) is 25.2. The number of piperazine rings is 1. The molecule has 0 radical (unpaired) electrons. The van der Waals surface area contributed by atoms with Crippen molar-refractivity contribution in [2.45, 2.75) is 32.7 Å². The smallest absolute Gasteiger partial charge is 0.407 e. The first-order valence-electron chi connectivity index (χ1n) is 11.1. The van der Waals surface area contributed by atoms with Gasteiger partial charge in [0.05, 0.1) is 28.0 Å². The number of hydrogen-bond acceptors (Lipinski definition) is 6. The number of halogens is 2. The van der Waals surface area contributed by atoms with E-state index in [1.54, 1.807) is 18.3 Å². The molecular formula is C23H25BrClN5O5. The van der Waals surface area contributed by atoms with Crippen molar-refractivity contribution in [3.63, 3.8) is 0 Å². The number of carbonyl (C=O) groups is 1. The third kappa shape index (κ3) is 4.80. The molecule has 1 saturated heterocycles. The van der Waals surface area contributed by atoms with Crippen LogP contribution in [0.2, 0.25) is 5.02 Å². The molecule has 1 amide bonds. The first-order chi connectivity index (χ1) is 16.6. The highest BCUT2D eigenvalue weighted by Crippen LogP contribution is 2.38. The predicted octanol–water partition coefficient (Wildman–Crippen LogP) is 3.25. The summed E-state index contributed by atoms with van der Waals surface area (Å²) in [7, 11) is 0. The monoisotopic (exact) mass is 565 g/mol. The summed E-state index contributed by atoms with van der Waals surface area (Å²) >= 11 is 9.97. The Kier molecular flexibility index (Phi) is 7.20. The third-order valence-electron chi connectivity index (χ3n) is 5.93. The fourth-order valence-electron chi connectivity index (χ4n) is 4.25. The van der Waals surface area contributed by atoms with Crippen molar-refractivity contribution in [1.29, 1.82) is 0 Å². The molecule has 4 rings (SSSR count). The second-order valence-corrected chi connectivity index (χ2v) is 9.93. The number of amides is 1. The van der Waals surface area contributed by atoms with E-state index in [9.17, 15) is 19.5 Å². The number of ether oxygens (including phenoxy) is 1. The molecule has 3 heterocycles. The van der Waals surface area contributed by atoms with Crippen molar-refractivity contribution in [2.75, 3.05) is 26.2 Å². The Hall–Kier alpha value is -2.89. The van der Waals surface area contributed by atoms with Crippen LogP contribution in [0, 0.1) is 6.92 Å². The lowest BCUT2D eigenvalue weighted by Gasteiger charge is -2.31. The van der Waals surface area contributed by atoms with E-state index in [1.165, 1.54) is 9.47 Å². The molecule has 0 saturated carbocycles. The van der Waals surface area contributed by atoms with Crippen molar-refractivity contribution >= 4 is 44.5 Å². The number of rotatable bonds is 5. The summed E-state index contributed by atoms with van der Waals surface area (Å²) in [6.07, 6.45) is 0.683. The number of nitrogens with zero attached hydrogens (tertiary/aromatic N) is 3. The van der Waals surface area contributed by atoms with Gasteiger partial charge in [-0.1, -0.05) is 25.4 Å². The molecular weight excluding hydrogens is 542 g/mol. The predicted molar refractivity (Wildman–Crippen MR) is 136 cm³/mol. The Balaban J connectivity index is 1.88. The van der Waals surface area contributed by atoms with Gasteiger partial charge in [-0.05, 0) is 46.5 Å². The zero-order valence-corrected chi connectivity index (χ0v) is 21.7. The Bertz CT molecular complexity index is 1420. The lowest BCUT2D eigenvalue weighted by molar-refractivity contribution is 0.118. The molecule has 3 aromatic rings. The Morgan fingerprint density at radius 2 is 2.14 bits per heavy atom. The minimum absolute atomic E-state index is 0.0137. The molecule has 0 unspecified atom stereocenters. The minimum Gasteiger partial charge on any atom is -0.489 e. The third-order valence-corrected chi connectivity index (χ3v) is 7.16. The quantitative estimate of drug-likeness (QED) is 0.432. The molecule has 1 atom stereocenters.